The third kappa shape index (κ3) is 4.73. The molecule has 0 aliphatic rings. The molecule has 1 aromatic carbocycles. The van der Waals surface area contributed by atoms with Crippen molar-refractivity contribution in [3.8, 4) is 0 Å². The van der Waals surface area contributed by atoms with E-state index in [9.17, 15) is 18.0 Å². The summed E-state index contributed by atoms with van der Waals surface area (Å²) >= 11 is 0. The van der Waals surface area contributed by atoms with E-state index in [1.807, 2.05) is 0 Å². The monoisotopic (exact) mass is 291 g/mol. The molecule has 0 aliphatic heterocycles. The molecule has 0 atom stereocenters. The first kappa shape index (κ1) is 16.3. The minimum atomic E-state index is -4.68. The number of alkyl halides is 3. The first-order valence-electron chi connectivity index (χ1n) is 6.03. The van der Waals surface area contributed by atoms with Crippen LogP contribution in [0, 0.1) is 0 Å². The van der Waals surface area contributed by atoms with Crippen LogP contribution in [0.3, 0.4) is 0 Å². The van der Waals surface area contributed by atoms with Crippen molar-refractivity contribution < 1.29 is 27.8 Å². The number of hydrogen-bond donors (Lipinski definition) is 2. The van der Waals surface area contributed by atoms with Gasteiger partial charge in [0, 0.05) is 25.9 Å². The number of benzene rings is 1. The van der Waals surface area contributed by atoms with Gasteiger partial charge in [0.2, 0.25) is 0 Å². The number of hydrogen-bond acceptors (Lipinski definition) is 3. The maximum absolute atomic E-state index is 12.6. The number of halogens is 3. The molecule has 1 aromatic rings. The summed E-state index contributed by atoms with van der Waals surface area (Å²) in [4.78, 5) is 10.9. The Kier molecular flexibility index (Phi) is 5.82. The van der Waals surface area contributed by atoms with E-state index in [0.29, 0.717) is 18.8 Å². The number of carboxylic acid groups (broad SMARTS) is 1. The molecule has 0 heterocycles. The predicted molar refractivity (Wildman–Crippen MR) is 68.0 cm³/mol. The van der Waals surface area contributed by atoms with Crippen LogP contribution in [0.5, 0.6) is 0 Å². The van der Waals surface area contributed by atoms with Gasteiger partial charge in [-0.05, 0) is 31.0 Å². The average molecular weight is 291 g/mol. The van der Waals surface area contributed by atoms with E-state index < -0.39 is 23.3 Å². The van der Waals surface area contributed by atoms with Crippen LogP contribution in [0.4, 0.5) is 18.9 Å². The topological polar surface area (TPSA) is 58.6 Å². The summed E-state index contributed by atoms with van der Waals surface area (Å²) in [6.45, 7) is 1.14. The molecule has 0 aliphatic carbocycles. The smallest absolute Gasteiger partial charge is 0.417 e. The van der Waals surface area contributed by atoms with Gasteiger partial charge in [0.25, 0.3) is 0 Å². The number of nitrogens with one attached hydrogen (secondary N) is 1. The molecule has 7 heteroatoms. The van der Waals surface area contributed by atoms with Gasteiger partial charge < -0.3 is 15.2 Å². The van der Waals surface area contributed by atoms with Crippen molar-refractivity contribution in [3.05, 3.63) is 29.3 Å². The third-order valence-electron chi connectivity index (χ3n) is 2.66. The van der Waals surface area contributed by atoms with E-state index in [1.165, 1.54) is 6.07 Å². The molecule has 0 aromatic heterocycles. The fourth-order valence-corrected chi connectivity index (χ4v) is 1.68. The van der Waals surface area contributed by atoms with E-state index in [4.69, 9.17) is 9.84 Å². The second-order valence-electron chi connectivity index (χ2n) is 4.19. The number of carbonyl (C=O) groups is 1. The second-order valence-corrected chi connectivity index (χ2v) is 4.19. The quantitative estimate of drug-likeness (QED) is 0.757. The van der Waals surface area contributed by atoms with Crippen molar-refractivity contribution in [2.24, 2.45) is 0 Å². The summed E-state index contributed by atoms with van der Waals surface area (Å²) in [7, 11) is 1.59. The van der Waals surface area contributed by atoms with Crippen molar-refractivity contribution >= 4 is 11.7 Å². The van der Waals surface area contributed by atoms with Crippen molar-refractivity contribution in [1.29, 1.82) is 0 Å². The van der Waals surface area contributed by atoms with Crippen LogP contribution in [0.25, 0.3) is 0 Å². The van der Waals surface area contributed by atoms with Crippen molar-refractivity contribution in [2.75, 3.05) is 25.6 Å². The standard InChI is InChI=1S/C13H16F3NO3/c1-20-7-3-2-6-17-9-4-5-11(13(14,15)16)10(8-9)12(18)19/h4-5,8,17H,2-3,6-7H2,1H3,(H,18,19). The van der Waals surface area contributed by atoms with E-state index >= 15 is 0 Å². The average Bonchev–Trinajstić information content (AvgIpc) is 2.37. The summed E-state index contributed by atoms with van der Waals surface area (Å²) in [6, 6.07) is 3.01. The summed E-state index contributed by atoms with van der Waals surface area (Å²) in [6.07, 6.45) is -3.09. The Balaban J connectivity index is 2.76. The molecule has 1 rings (SSSR count). The molecule has 2 N–H and O–H groups in total. The number of anilines is 1. The van der Waals surface area contributed by atoms with E-state index in [-0.39, 0.29) is 0 Å². The Morgan fingerprint density at radius 1 is 1.35 bits per heavy atom. The normalized spacial score (nSPS) is 11.4. The van der Waals surface area contributed by atoms with Crippen molar-refractivity contribution in [1.82, 2.24) is 0 Å². The number of aromatic carboxylic acids is 1. The Morgan fingerprint density at radius 3 is 2.60 bits per heavy atom. The zero-order valence-corrected chi connectivity index (χ0v) is 11.0. The van der Waals surface area contributed by atoms with Crippen molar-refractivity contribution in [3.63, 3.8) is 0 Å². The molecule has 4 nitrogen and oxygen atoms in total. The van der Waals surface area contributed by atoms with E-state index in [1.54, 1.807) is 7.11 Å². The first-order chi connectivity index (χ1) is 9.36. The highest BCUT2D eigenvalue weighted by atomic mass is 19.4. The SMILES string of the molecule is COCCCCNc1ccc(C(F)(F)F)c(C(=O)O)c1. The highest BCUT2D eigenvalue weighted by Crippen LogP contribution is 2.33. The maximum atomic E-state index is 12.6. The molecule has 20 heavy (non-hydrogen) atoms. The molecule has 0 unspecified atom stereocenters. The highest BCUT2D eigenvalue weighted by Gasteiger charge is 2.35. The maximum Gasteiger partial charge on any atom is 0.417 e. The van der Waals surface area contributed by atoms with Crippen LogP contribution in [-0.2, 0) is 10.9 Å². The molecule has 0 amide bonds. The first-order valence-corrected chi connectivity index (χ1v) is 6.03. The van der Waals surface area contributed by atoms with Gasteiger partial charge in [-0.15, -0.1) is 0 Å². The lowest BCUT2D eigenvalue weighted by Crippen LogP contribution is -2.13. The molecule has 0 radical (unpaired) electrons. The zero-order valence-electron chi connectivity index (χ0n) is 11.0. The van der Waals surface area contributed by atoms with Gasteiger partial charge in [-0.3, -0.25) is 0 Å². The largest absolute Gasteiger partial charge is 0.478 e. The van der Waals surface area contributed by atoms with Crippen LogP contribution in [0.1, 0.15) is 28.8 Å². The number of carboxylic acids is 1. The van der Waals surface area contributed by atoms with Crippen molar-refractivity contribution in [2.45, 2.75) is 19.0 Å². The lowest BCUT2D eigenvalue weighted by Gasteiger charge is -2.13. The second kappa shape index (κ2) is 7.14. The lowest BCUT2D eigenvalue weighted by atomic mass is 10.1. The van der Waals surface area contributed by atoms with E-state index in [2.05, 4.69) is 5.32 Å². The lowest BCUT2D eigenvalue weighted by molar-refractivity contribution is -0.138. The Morgan fingerprint density at radius 2 is 2.05 bits per heavy atom. The van der Waals surface area contributed by atoms with Gasteiger partial charge in [0.05, 0.1) is 11.1 Å². The summed E-state index contributed by atoms with van der Waals surface area (Å²) in [5.74, 6) is -1.60. The van der Waals surface area contributed by atoms with Crippen LogP contribution >= 0.6 is 0 Å². The minimum absolute atomic E-state index is 0.354. The number of rotatable bonds is 7. The molecular formula is C13H16F3NO3. The number of unbranched alkanes of at least 4 members (excludes halogenated alkanes) is 1. The minimum Gasteiger partial charge on any atom is -0.478 e. The highest BCUT2D eigenvalue weighted by molar-refractivity contribution is 5.91. The van der Waals surface area contributed by atoms with Crippen LogP contribution in [0.2, 0.25) is 0 Å². The number of ether oxygens (including phenoxy) is 1. The fourth-order valence-electron chi connectivity index (χ4n) is 1.68. The molecule has 0 bridgehead atoms. The summed E-state index contributed by atoms with van der Waals surface area (Å²) < 4.78 is 42.8. The van der Waals surface area contributed by atoms with Gasteiger partial charge >= 0.3 is 12.1 Å². The molecule has 0 saturated carbocycles. The van der Waals surface area contributed by atoms with Crippen LogP contribution in [-0.4, -0.2) is 31.3 Å². The van der Waals surface area contributed by atoms with Gasteiger partial charge in [-0.1, -0.05) is 0 Å². The summed E-state index contributed by atoms with van der Waals surface area (Å²) in [5, 5.41) is 11.7. The van der Waals surface area contributed by atoms with Gasteiger partial charge in [0.1, 0.15) is 0 Å². The van der Waals surface area contributed by atoms with Gasteiger partial charge in [0.15, 0.2) is 0 Å². The van der Waals surface area contributed by atoms with E-state index in [0.717, 1.165) is 25.0 Å². The molecule has 112 valence electrons. The Bertz CT molecular complexity index is 461. The molecule has 0 spiro atoms. The molecular weight excluding hydrogens is 275 g/mol. The number of methoxy groups -OCH3 is 1. The zero-order chi connectivity index (χ0) is 15.2. The summed E-state index contributed by atoms with van der Waals surface area (Å²) in [5.41, 5.74) is -1.54. The predicted octanol–water partition coefficient (Wildman–Crippen LogP) is 3.24. The van der Waals surface area contributed by atoms with Crippen LogP contribution < -0.4 is 5.32 Å². The van der Waals surface area contributed by atoms with Gasteiger partial charge in [-0.2, -0.15) is 13.2 Å². The van der Waals surface area contributed by atoms with Gasteiger partial charge in [-0.25, -0.2) is 4.79 Å². The van der Waals surface area contributed by atoms with Crippen LogP contribution in [0.15, 0.2) is 18.2 Å². The fraction of sp³-hybridized carbons (Fsp3) is 0.462. The third-order valence-corrected chi connectivity index (χ3v) is 2.66. The molecule has 0 fully saturated rings. The Hall–Kier alpha value is -1.76. The molecule has 0 saturated heterocycles. The Labute approximate surface area is 114 Å².